The third-order valence-corrected chi connectivity index (χ3v) is 4.43. The van der Waals surface area contributed by atoms with Crippen LogP contribution in [0.4, 0.5) is 0 Å². The second-order valence-corrected chi connectivity index (χ2v) is 6.22. The lowest BCUT2D eigenvalue weighted by Crippen LogP contribution is -2.25. The standard InChI is InChI=1S/C13H21NO2S/c1-10(2)17(15)9-12(14-3)11-7-5-6-8-13(11)16-4/h5-8,10,12,14H,9H2,1-4H3. The molecule has 0 bridgehead atoms. The van der Waals surface area contributed by atoms with Gasteiger partial charge in [0, 0.05) is 33.4 Å². The van der Waals surface area contributed by atoms with Crippen LogP contribution in [0.5, 0.6) is 5.75 Å². The molecule has 0 amide bonds. The van der Waals surface area contributed by atoms with E-state index in [1.807, 2.05) is 45.2 Å². The van der Waals surface area contributed by atoms with Crippen molar-refractivity contribution >= 4 is 10.8 Å². The highest BCUT2D eigenvalue weighted by molar-refractivity contribution is 7.85. The molecule has 2 unspecified atom stereocenters. The lowest BCUT2D eigenvalue weighted by atomic mass is 10.1. The molecule has 0 heterocycles. The number of para-hydroxylation sites is 1. The molecule has 3 nitrogen and oxygen atoms in total. The van der Waals surface area contributed by atoms with E-state index in [0.29, 0.717) is 5.75 Å². The molecule has 0 aromatic heterocycles. The highest BCUT2D eigenvalue weighted by atomic mass is 32.2. The molecular formula is C13H21NO2S. The zero-order valence-electron chi connectivity index (χ0n) is 10.9. The van der Waals surface area contributed by atoms with Gasteiger partial charge in [0.2, 0.25) is 0 Å². The van der Waals surface area contributed by atoms with Crippen LogP contribution in [0.3, 0.4) is 0 Å². The van der Waals surface area contributed by atoms with Crippen molar-refractivity contribution in [2.45, 2.75) is 25.1 Å². The Kier molecular flexibility index (Phi) is 5.65. The molecule has 0 fully saturated rings. The van der Waals surface area contributed by atoms with Crippen molar-refractivity contribution in [1.29, 1.82) is 0 Å². The van der Waals surface area contributed by atoms with Crippen LogP contribution in [-0.2, 0) is 10.8 Å². The Morgan fingerprint density at radius 2 is 2.00 bits per heavy atom. The Morgan fingerprint density at radius 1 is 1.35 bits per heavy atom. The van der Waals surface area contributed by atoms with Crippen LogP contribution < -0.4 is 10.1 Å². The third-order valence-electron chi connectivity index (χ3n) is 2.72. The van der Waals surface area contributed by atoms with Crippen molar-refractivity contribution in [3.05, 3.63) is 29.8 Å². The largest absolute Gasteiger partial charge is 0.496 e. The van der Waals surface area contributed by atoms with Gasteiger partial charge >= 0.3 is 0 Å². The minimum absolute atomic E-state index is 0.0642. The average molecular weight is 255 g/mol. The van der Waals surface area contributed by atoms with Gasteiger partial charge in [0.25, 0.3) is 0 Å². The van der Waals surface area contributed by atoms with E-state index in [2.05, 4.69) is 5.32 Å². The van der Waals surface area contributed by atoms with E-state index < -0.39 is 10.8 Å². The van der Waals surface area contributed by atoms with E-state index >= 15 is 0 Å². The van der Waals surface area contributed by atoms with Crippen LogP contribution in [0.25, 0.3) is 0 Å². The molecule has 0 aliphatic rings. The zero-order valence-corrected chi connectivity index (χ0v) is 11.7. The van der Waals surface area contributed by atoms with E-state index in [9.17, 15) is 4.21 Å². The van der Waals surface area contributed by atoms with Crippen LogP contribution in [-0.4, -0.2) is 29.4 Å². The summed E-state index contributed by atoms with van der Waals surface area (Å²) in [5.41, 5.74) is 1.06. The van der Waals surface area contributed by atoms with Gasteiger partial charge in [-0.25, -0.2) is 0 Å². The Labute approximate surface area is 106 Å². The van der Waals surface area contributed by atoms with Gasteiger partial charge in [-0.15, -0.1) is 0 Å². The van der Waals surface area contributed by atoms with E-state index in [1.54, 1.807) is 7.11 Å². The van der Waals surface area contributed by atoms with Crippen LogP contribution in [0.15, 0.2) is 24.3 Å². The number of rotatable bonds is 6. The molecule has 0 aliphatic heterocycles. The molecule has 1 N–H and O–H groups in total. The summed E-state index contributed by atoms with van der Waals surface area (Å²) in [6, 6.07) is 7.92. The van der Waals surface area contributed by atoms with E-state index in [0.717, 1.165) is 11.3 Å². The molecule has 1 aromatic rings. The van der Waals surface area contributed by atoms with Gasteiger partial charge < -0.3 is 10.1 Å². The number of hydrogen-bond donors (Lipinski definition) is 1. The Hall–Kier alpha value is -0.870. The Balaban J connectivity index is 2.89. The number of nitrogens with one attached hydrogen (secondary N) is 1. The number of methoxy groups -OCH3 is 1. The van der Waals surface area contributed by atoms with Crippen LogP contribution in [0.2, 0.25) is 0 Å². The Bertz CT molecular complexity index is 379. The lowest BCUT2D eigenvalue weighted by Gasteiger charge is -2.19. The summed E-state index contributed by atoms with van der Waals surface area (Å²) in [5.74, 6) is 1.45. The minimum Gasteiger partial charge on any atom is -0.496 e. The summed E-state index contributed by atoms with van der Waals surface area (Å²) in [4.78, 5) is 0. The van der Waals surface area contributed by atoms with Crippen molar-refractivity contribution in [2.24, 2.45) is 0 Å². The highest BCUT2D eigenvalue weighted by Gasteiger charge is 2.18. The van der Waals surface area contributed by atoms with Gasteiger partial charge in [0.15, 0.2) is 0 Å². The van der Waals surface area contributed by atoms with Gasteiger partial charge in [-0.2, -0.15) is 0 Å². The van der Waals surface area contributed by atoms with Gasteiger partial charge in [-0.1, -0.05) is 32.0 Å². The topological polar surface area (TPSA) is 38.3 Å². The lowest BCUT2D eigenvalue weighted by molar-refractivity contribution is 0.404. The number of benzene rings is 1. The SMILES string of the molecule is CNC(CS(=O)C(C)C)c1ccccc1OC. The molecule has 1 aromatic carbocycles. The maximum Gasteiger partial charge on any atom is 0.123 e. The van der Waals surface area contributed by atoms with Crippen molar-refractivity contribution < 1.29 is 8.95 Å². The van der Waals surface area contributed by atoms with Crippen molar-refractivity contribution in [3.63, 3.8) is 0 Å². The fourth-order valence-corrected chi connectivity index (χ4v) is 2.70. The summed E-state index contributed by atoms with van der Waals surface area (Å²) >= 11 is 0. The van der Waals surface area contributed by atoms with Crippen LogP contribution in [0, 0.1) is 0 Å². The molecule has 0 saturated carbocycles. The predicted octanol–water partition coefficient (Wildman–Crippen LogP) is 2.11. The molecule has 17 heavy (non-hydrogen) atoms. The minimum atomic E-state index is -0.830. The quantitative estimate of drug-likeness (QED) is 0.846. The van der Waals surface area contributed by atoms with Gasteiger partial charge in [0.05, 0.1) is 7.11 Å². The van der Waals surface area contributed by atoms with Gasteiger partial charge in [0.1, 0.15) is 5.75 Å². The van der Waals surface area contributed by atoms with E-state index in [-0.39, 0.29) is 11.3 Å². The molecule has 2 atom stereocenters. The number of ether oxygens (including phenoxy) is 1. The normalized spacial score (nSPS) is 14.6. The van der Waals surface area contributed by atoms with Crippen molar-refractivity contribution in [2.75, 3.05) is 19.9 Å². The summed E-state index contributed by atoms with van der Waals surface area (Å²) in [5, 5.41) is 3.39. The van der Waals surface area contributed by atoms with Crippen molar-refractivity contribution in [3.8, 4) is 5.75 Å². The summed E-state index contributed by atoms with van der Waals surface area (Å²) in [6.45, 7) is 3.95. The first kappa shape index (κ1) is 14.2. The zero-order chi connectivity index (χ0) is 12.8. The fraction of sp³-hybridized carbons (Fsp3) is 0.538. The molecule has 0 radical (unpaired) electrons. The first-order chi connectivity index (χ1) is 8.10. The average Bonchev–Trinajstić information content (AvgIpc) is 2.35. The maximum absolute atomic E-state index is 11.9. The third kappa shape index (κ3) is 3.82. The molecule has 4 heteroatoms. The number of hydrogen-bond acceptors (Lipinski definition) is 3. The summed E-state index contributed by atoms with van der Waals surface area (Å²) < 4.78 is 17.2. The van der Waals surface area contributed by atoms with Gasteiger partial charge in [-0.3, -0.25) is 4.21 Å². The second kappa shape index (κ2) is 6.77. The monoisotopic (exact) mass is 255 g/mol. The first-order valence-corrected chi connectivity index (χ1v) is 7.15. The smallest absolute Gasteiger partial charge is 0.123 e. The van der Waals surface area contributed by atoms with Crippen LogP contribution in [0.1, 0.15) is 25.5 Å². The fourth-order valence-electron chi connectivity index (χ4n) is 1.64. The molecule has 0 spiro atoms. The predicted molar refractivity (Wildman–Crippen MR) is 72.9 cm³/mol. The summed E-state index contributed by atoms with van der Waals surface area (Å²) in [7, 11) is 2.71. The molecule has 0 aliphatic carbocycles. The molecular weight excluding hydrogens is 234 g/mol. The van der Waals surface area contributed by atoms with E-state index in [1.165, 1.54) is 0 Å². The van der Waals surface area contributed by atoms with E-state index in [4.69, 9.17) is 4.74 Å². The molecule has 96 valence electrons. The second-order valence-electron chi connectivity index (χ2n) is 4.18. The summed E-state index contributed by atoms with van der Waals surface area (Å²) in [6.07, 6.45) is 0. The maximum atomic E-state index is 11.9. The van der Waals surface area contributed by atoms with Crippen molar-refractivity contribution in [1.82, 2.24) is 5.32 Å². The molecule has 1 rings (SSSR count). The molecule has 0 saturated heterocycles. The first-order valence-electron chi connectivity index (χ1n) is 5.77. The van der Waals surface area contributed by atoms with Crippen LogP contribution >= 0.6 is 0 Å². The Morgan fingerprint density at radius 3 is 2.53 bits per heavy atom. The highest BCUT2D eigenvalue weighted by Crippen LogP contribution is 2.25. The van der Waals surface area contributed by atoms with Gasteiger partial charge in [-0.05, 0) is 13.1 Å².